The standard InChI is InChI=1S/C15H22N2O4/c1-10(8-21-9-18)17-5-4-12(16)11-6-14(19-2)15(20-3)7-13(11)17/h6-7,9-10,12H,4-5,8,16H2,1-3H3. The Morgan fingerprint density at radius 1 is 1.38 bits per heavy atom. The highest BCUT2D eigenvalue weighted by atomic mass is 16.5. The molecule has 0 aliphatic carbocycles. The lowest BCUT2D eigenvalue weighted by Crippen LogP contribution is -2.42. The fourth-order valence-electron chi connectivity index (χ4n) is 2.71. The van der Waals surface area contributed by atoms with E-state index in [-0.39, 0.29) is 12.1 Å². The van der Waals surface area contributed by atoms with Gasteiger partial charge in [-0.3, -0.25) is 4.79 Å². The zero-order chi connectivity index (χ0) is 15.4. The summed E-state index contributed by atoms with van der Waals surface area (Å²) in [5.74, 6) is 1.34. The first-order valence-electron chi connectivity index (χ1n) is 6.95. The molecule has 2 unspecified atom stereocenters. The summed E-state index contributed by atoms with van der Waals surface area (Å²) in [6.45, 7) is 3.64. The minimum Gasteiger partial charge on any atom is -0.493 e. The van der Waals surface area contributed by atoms with Gasteiger partial charge in [-0.15, -0.1) is 0 Å². The number of carbonyl (C=O) groups excluding carboxylic acids is 1. The average Bonchev–Trinajstić information content (AvgIpc) is 2.51. The van der Waals surface area contributed by atoms with E-state index in [0.717, 1.165) is 24.2 Å². The van der Waals surface area contributed by atoms with Crippen LogP contribution in [0.2, 0.25) is 0 Å². The summed E-state index contributed by atoms with van der Waals surface area (Å²) in [6.07, 6.45) is 0.841. The van der Waals surface area contributed by atoms with E-state index in [4.69, 9.17) is 19.9 Å². The fraction of sp³-hybridized carbons (Fsp3) is 0.533. The van der Waals surface area contributed by atoms with E-state index in [0.29, 0.717) is 24.6 Å². The Morgan fingerprint density at radius 3 is 2.67 bits per heavy atom. The Labute approximate surface area is 124 Å². The van der Waals surface area contributed by atoms with Crippen LogP contribution in [0.5, 0.6) is 11.5 Å². The predicted molar refractivity (Wildman–Crippen MR) is 79.9 cm³/mol. The maximum atomic E-state index is 10.4. The minimum absolute atomic E-state index is 0.0322. The third-order valence-electron chi connectivity index (χ3n) is 3.86. The molecule has 0 aromatic heterocycles. The largest absolute Gasteiger partial charge is 0.493 e. The molecule has 2 rings (SSSR count). The maximum Gasteiger partial charge on any atom is 0.293 e. The molecule has 6 nitrogen and oxygen atoms in total. The van der Waals surface area contributed by atoms with Gasteiger partial charge in [0.05, 0.1) is 20.3 Å². The zero-order valence-corrected chi connectivity index (χ0v) is 12.7. The van der Waals surface area contributed by atoms with E-state index in [1.54, 1.807) is 14.2 Å². The Bertz CT molecular complexity index is 507. The second kappa shape index (κ2) is 6.67. The molecule has 1 aromatic rings. The fourth-order valence-corrected chi connectivity index (χ4v) is 2.71. The van der Waals surface area contributed by atoms with Gasteiger partial charge in [0, 0.05) is 24.3 Å². The summed E-state index contributed by atoms with van der Waals surface area (Å²) >= 11 is 0. The van der Waals surface area contributed by atoms with Gasteiger partial charge in [0.15, 0.2) is 11.5 Å². The highest BCUT2D eigenvalue weighted by Crippen LogP contribution is 2.41. The Kier molecular flexibility index (Phi) is 4.90. The molecule has 1 aromatic carbocycles. The van der Waals surface area contributed by atoms with Crippen LogP contribution in [-0.4, -0.2) is 39.9 Å². The highest BCUT2D eigenvalue weighted by molar-refractivity contribution is 5.65. The third-order valence-corrected chi connectivity index (χ3v) is 3.86. The number of nitrogens with zero attached hydrogens (tertiary/aromatic N) is 1. The SMILES string of the molecule is COc1cc2c(cc1OC)N(C(C)COC=O)CCC2N. The molecule has 116 valence electrons. The quantitative estimate of drug-likeness (QED) is 0.801. The number of hydrogen-bond donors (Lipinski definition) is 1. The second-order valence-corrected chi connectivity index (χ2v) is 5.13. The number of nitrogens with two attached hydrogens (primary N) is 1. The van der Waals surface area contributed by atoms with Crippen LogP contribution >= 0.6 is 0 Å². The summed E-state index contributed by atoms with van der Waals surface area (Å²) < 4.78 is 15.6. The molecule has 0 amide bonds. The topological polar surface area (TPSA) is 74.0 Å². The summed E-state index contributed by atoms with van der Waals surface area (Å²) in [5, 5.41) is 0. The summed E-state index contributed by atoms with van der Waals surface area (Å²) in [4.78, 5) is 12.6. The molecule has 0 radical (unpaired) electrons. The number of carbonyl (C=O) groups is 1. The van der Waals surface area contributed by atoms with Crippen LogP contribution in [0.1, 0.15) is 24.9 Å². The van der Waals surface area contributed by atoms with Crippen molar-refractivity contribution in [2.24, 2.45) is 5.73 Å². The van der Waals surface area contributed by atoms with Crippen LogP contribution in [0.25, 0.3) is 0 Å². The highest BCUT2D eigenvalue weighted by Gasteiger charge is 2.28. The van der Waals surface area contributed by atoms with E-state index in [1.807, 2.05) is 19.1 Å². The van der Waals surface area contributed by atoms with Gasteiger partial charge in [-0.1, -0.05) is 0 Å². The van der Waals surface area contributed by atoms with E-state index in [2.05, 4.69) is 4.90 Å². The van der Waals surface area contributed by atoms with Gasteiger partial charge in [0.2, 0.25) is 0 Å². The van der Waals surface area contributed by atoms with Gasteiger partial charge in [-0.2, -0.15) is 0 Å². The number of hydrogen-bond acceptors (Lipinski definition) is 6. The van der Waals surface area contributed by atoms with Crippen LogP contribution in [0.4, 0.5) is 5.69 Å². The van der Waals surface area contributed by atoms with Crippen molar-refractivity contribution in [2.75, 3.05) is 32.3 Å². The summed E-state index contributed by atoms with van der Waals surface area (Å²) in [5.41, 5.74) is 8.25. The first-order chi connectivity index (χ1) is 10.1. The lowest BCUT2D eigenvalue weighted by atomic mass is 9.95. The van der Waals surface area contributed by atoms with Gasteiger partial charge in [-0.05, 0) is 25.0 Å². The van der Waals surface area contributed by atoms with Crippen molar-refractivity contribution in [3.05, 3.63) is 17.7 Å². The normalized spacial score (nSPS) is 18.7. The van der Waals surface area contributed by atoms with E-state index in [1.165, 1.54) is 0 Å². The Balaban J connectivity index is 2.38. The summed E-state index contributed by atoms with van der Waals surface area (Å²) in [6, 6.07) is 3.90. The van der Waals surface area contributed by atoms with Gasteiger partial charge in [-0.25, -0.2) is 0 Å². The molecule has 2 atom stereocenters. The van der Waals surface area contributed by atoms with Gasteiger partial charge in [0.25, 0.3) is 6.47 Å². The van der Waals surface area contributed by atoms with Crippen LogP contribution < -0.4 is 20.1 Å². The van der Waals surface area contributed by atoms with Gasteiger partial charge in [0.1, 0.15) is 6.61 Å². The number of methoxy groups -OCH3 is 2. The molecule has 6 heteroatoms. The maximum absolute atomic E-state index is 10.4. The Morgan fingerprint density at radius 2 is 2.05 bits per heavy atom. The molecule has 1 aliphatic rings. The van der Waals surface area contributed by atoms with Crippen molar-refractivity contribution in [1.82, 2.24) is 0 Å². The zero-order valence-electron chi connectivity index (χ0n) is 12.7. The van der Waals surface area contributed by atoms with Crippen LogP contribution in [0.15, 0.2) is 12.1 Å². The summed E-state index contributed by atoms with van der Waals surface area (Å²) in [7, 11) is 3.22. The average molecular weight is 294 g/mol. The molecule has 0 fully saturated rings. The van der Waals surface area contributed by atoms with Gasteiger partial charge >= 0.3 is 0 Å². The first-order valence-corrected chi connectivity index (χ1v) is 6.95. The van der Waals surface area contributed by atoms with Crippen LogP contribution in [-0.2, 0) is 9.53 Å². The predicted octanol–water partition coefficient (Wildman–Crippen LogP) is 1.48. The van der Waals surface area contributed by atoms with Crippen molar-refractivity contribution < 1.29 is 19.0 Å². The molecule has 0 bridgehead atoms. The molecule has 0 saturated heterocycles. The van der Waals surface area contributed by atoms with Crippen molar-refractivity contribution in [3.8, 4) is 11.5 Å². The lowest BCUT2D eigenvalue weighted by molar-refractivity contribution is -0.129. The molecule has 21 heavy (non-hydrogen) atoms. The number of fused-ring (bicyclic) bond motifs is 1. The van der Waals surface area contributed by atoms with Crippen LogP contribution in [0.3, 0.4) is 0 Å². The molecule has 2 N–H and O–H groups in total. The van der Waals surface area contributed by atoms with Gasteiger partial charge < -0.3 is 24.8 Å². The smallest absolute Gasteiger partial charge is 0.293 e. The lowest BCUT2D eigenvalue weighted by Gasteiger charge is -2.38. The molecule has 0 spiro atoms. The van der Waals surface area contributed by atoms with E-state index < -0.39 is 0 Å². The molecule has 0 saturated carbocycles. The third kappa shape index (κ3) is 3.05. The number of benzene rings is 1. The van der Waals surface area contributed by atoms with Crippen molar-refractivity contribution in [1.29, 1.82) is 0 Å². The number of anilines is 1. The Hall–Kier alpha value is -1.95. The molecule has 1 aliphatic heterocycles. The second-order valence-electron chi connectivity index (χ2n) is 5.13. The minimum atomic E-state index is -0.0322. The molecule has 1 heterocycles. The molecular weight excluding hydrogens is 272 g/mol. The van der Waals surface area contributed by atoms with Crippen LogP contribution in [0, 0.1) is 0 Å². The number of ether oxygens (including phenoxy) is 3. The van der Waals surface area contributed by atoms with E-state index in [9.17, 15) is 4.79 Å². The molecular formula is C15H22N2O4. The number of rotatable bonds is 6. The monoisotopic (exact) mass is 294 g/mol. The van der Waals surface area contributed by atoms with E-state index >= 15 is 0 Å². The van der Waals surface area contributed by atoms with Crippen molar-refractivity contribution >= 4 is 12.2 Å². The van der Waals surface area contributed by atoms with Crippen molar-refractivity contribution in [3.63, 3.8) is 0 Å². The first kappa shape index (κ1) is 15.4. The van der Waals surface area contributed by atoms with Crippen molar-refractivity contribution in [2.45, 2.75) is 25.4 Å².